The van der Waals surface area contributed by atoms with Crippen LogP contribution < -0.4 is 40.0 Å². The summed E-state index contributed by atoms with van der Waals surface area (Å²) in [6, 6.07) is 20.1. The van der Waals surface area contributed by atoms with E-state index in [1.165, 1.54) is 6.07 Å². The van der Waals surface area contributed by atoms with Crippen molar-refractivity contribution in [2.45, 2.75) is 11.5 Å². The van der Waals surface area contributed by atoms with Crippen molar-refractivity contribution in [2.75, 3.05) is 5.73 Å². The normalized spacial score (nSPS) is 11.4. The number of anilines is 1. The summed E-state index contributed by atoms with van der Waals surface area (Å²) >= 11 is 0. The number of pyridine rings is 1. The zero-order chi connectivity index (χ0) is 21.8. The molecule has 32 heavy (non-hydrogen) atoms. The average molecular weight is 456 g/mol. The molecule has 0 saturated carbocycles. The van der Waals surface area contributed by atoms with Gasteiger partial charge in [-0.1, -0.05) is 36.4 Å². The van der Waals surface area contributed by atoms with E-state index in [0.29, 0.717) is 23.4 Å². The van der Waals surface area contributed by atoms with Gasteiger partial charge in [-0.25, -0.2) is 8.42 Å². The van der Waals surface area contributed by atoms with Gasteiger partial charge in [-0.05, 0) is 30.3 Å². The maximum atomic E-state index is 11.7. The van der Waals surface area contributed by atoms with Gasteiger partial charge in [0.25, 0.3) is 0 Å². The molecule has 0 aliphatic heterocycles. The first kappa shape index (κ1) is 23.8. The van der Waals surface area contributed by atoms with Crippen LogP contribution in [0.1, 0.15) is 5.69 Å². The number of ether oxygens (including phenoxy) is 1. The Morgan fingerprint density at radius 2 is 1.69 bits per heavy atom. The first-order valence-electron chi connectivity index (χ1n) is 9.23. The van der Waals surface area contributed by atoms with Crippen molar-refractivity contribution in [2.24, 2.45) is 10.2 Å². The summed E-state index contributed by atoms with van der Waals surface area (Å²) in [6.07, 6.45) is 1.69. The van der Waals surface area contributed by atoms with Gasteiger partial charge < -0.3 is 15.0 Å². The molecule has 0 spiro atoms. The minimum atomic E-state index is -4.73. The Balaban J connectivity index is 0.00000289. The van der Waals surface area contributed by atoms with Gasteiger partial charge in [0, 0.05) is 23.0 Å². The number of nitrogens with two attached hydrogens (primary N) is 1. The first-order valence-corrected chi connectivity index (χ1v) is 10.6. The molecule has 3 aromatic carbocycles. The van der Waals surface area contributed by atoms with Crippen molar-refractivity contribution < 1.29 is 47.3 Å². The molecule has 0 aliphatic carbocycles. The second-order valence-electron chi connectivity index (χ2n) is 6.61. The number of nitrogens with zero attached hydrogens (tertiary/aromatic N) is 3. The number of azo groups is 1. The third kappa shape index (κ3) is 5.50. The van der Waals surface area contributed by atoms with E-state index in [1.54, 1.807) is 48.7 Å². The van der Waals surface area contributed by atoms with Crippen molar-refractivity contribution in [3.8, 4) is 5.75 Å². The van der Waals surface area contributed by atoms with Gasteiger partial charge in [0.15, 0.2) is 0 Å². The Morgan fingerprint density at radius 1 is 0.938 bits per heavy atom. The van der Waals surface area contributed by atoms with Crippen LogP contribution in [0, 0.1) is 0 Å². The van der Waals surface area contributed by atoms with Crippen molar-refractivity contribution in [1.82, 2.24) is 4.98 Å². The number of fused-ring (bicyclic) bond motifs is 1. The van der Waals surface area contributed by atoms with E-state index < -0.39 is 15.0 Å². The van der Waals surface area contributed by atoms with Gasteiger partial charge >= 0.3 is 29.6 Å². The van der Waals surface area contributed by atoms with Gasteiger partial charge in [-0.3, -0.25) is 4.98 Å². The monoisotopic (exact) mass is 456 g/mol. The molecular formula is C22H17N4NaO4S. The molecule has 1 heterocycles. The van der Waals surface area contributed by atoms with Crippen LogP contribution in [0.25, 0.3) is 10.8 Å². The molecule has 1 aromatic heterocycles. The molecule has 4 rings (SSSR count). The molecule has 0 radical (unpaired) electrons. The van der Waals surface area contributed by atoms with E-state index in [-0.39, 0.29) is 46.3 Å². The Bertz CT molecular complexity index is 1380. The van der Waals surface area contributed by atoms with Crippen molar-refractivity contribution in [3.05, 3.63) is 84.7 Å². The summed E-state index contributed by atoms with van der Waals surface area (Å²) in [5.41, 5.74) is 7.73. The molecule has 4 aromatic rings. The zero-order valence-electron chi connectivity index (χ0n) is 17.2. The Labute approximate surface area is 207 Å². The van der Waals surface area contributed by atoms with Crippen molar-refractivity contribution in [3.63, 3.8) is 0 Å². The van der Waals surface area contributed by atoms with Crippen LogP contribution in [0.2, 0.25) is 0 Å². The Morgan fingerprint density at radius 3 is 2.41 bits per heavy atom. The average Bonchev–Trinajstić information content (AvgIpc) is 2.77. The summed E-state index contributed by atoms with van der Waals surface area (Å²) in [5.74, 6) is 0.566. The molecule has 0 saturated heterocycles. The summed E-state index contributed by atoms with van der Waals surface area (Å²) in [7, 11) is -4.73. The minimum Gasteiger partial charge on any atom is -0.744 e. The molecule has 0 unspecified atom stereocenters. The molecule has 0 atom stereocenters. The number of nitrogen functional groups attached to an aromatic ring is 1. The predicted molar refractivity (Wildman–Crippen MR) is 116 cm³/mol. The van der Waals surface area contributed by atoms with E-state index in [0.717, 1.165) is 11.8 Å². The fourth-order valence-electron chi connectivity index (χ4n) is 3.03. The standard InChI is InChI=1S/C22H18N4O4S.Na/c23-22-19-10-2-1-9-18(19)21(31(27,28)29)13-20(22)26-25-15-7-5-8-17(12-15)30-14-16-6-3-4-11-24-16;/h1-13H,14,23H2,(H,27,28,29);/q;+1/p-1. The fraction of sp³-hybridized carbons (Fsp3) is 0.0455. The van der Waals surface area contributed by atoms with Crippen LogP contribution in [-0.2, 0) is 16.7 Å². The zero-order valence-corrected chi connectivity index (χ0v) is 20.0. The Hall–Kier alpha value is -2.82. The molecule has 0 bridgehead atoms. The summed E-state index contributed by atoms with van der Waals surface area (Å²) in [6.45, 7) is 0.295. The number of hydrogen-bond acceptors (Lipinski definition) is 8. The van der Waals surface area contributed by atoms with Crippen molar-refractivity contribution in [1.29, 1.82) is 0 Å². The number of rotatable bonds is 6. The van der Waals surface area contributed by atoms with Crippen LogP contribution in [0.4, 0.5) is 17.1 Å². The molecule has 156 valence electrons. The molecule has 0 amide bonds. The molecule has 0 aliphatic rings. The second-order valence-corrected chi connectivity index (χ2v) is 7.96. The van der Waals surface area contributed by atoms with E-state index in [1.807, 2.05) is 18.2 Å². The largest absolute Gasteiger partial charge is 1.00 e. The summed E-state index contributed by atoms with van der Waals surface area (Å²) < 4.78 is 40.9. The third-order valence-electron chi connectivity index (χ3n) is 4.50. The van der Waals surface area contributed by atoms with Gasteiger partial charge in [0.1, 0.15) is 28.2 Å². The predicted octanol–water partition coefficient (Wildman–Crippen LogP) is 1.72. The fourth-order valence-corrected chi connectivity index (χ4v) is 3.73. The maximum absolute atomic E-state index is 11.7. The smallest absolute Gasteiger partial charge is 0.744 e. The second kappa shape index (κ2) is 10.2. The quantitative estimate of drug-likeness (QED) is 0.203. The first-order chi connectivity index (χ1) is 14.9. The molecule has 10 heteroatoms. The van der Waals surface area contributed by atoms with Gasteiger partial charge in [0.2, 0.25) is 0 Å². The molecular weight excluding hydrogens is 439 g/mol. The SMILES string of the molecule is Nc1c(N=Nc2cccc(OCc3ccccn3)c2)cc(S(=O)(=O)[O-])c2ccccc12.[Na+]. The summed E-state index contributed by atoms with van der Waals surface area (Å²) in [5, 5.41) is 8.89. The van der Waals surface area contributed by atoms with Crippen molar-refractivity contribution >= 4 is 38.0 Å². The van der Waals surface area contributed by atoms with Gasteiger partial charge in [-0.15, -0.1) is 5.11 Å². The maximum Gasteiger partial charge on any atom is 1.00 e. The van der Waals surface area contributed by atoms with Crippen LogP contribution in [-0.4, -0.2) is 18.0 Å². The third-order valence-corrected chi connectivity index (χ3v) is 5.38. The number of hydrogen-bond donors (Lipinski definition) is 1. The van der Waals surface area contributed by atoms with E-state index in [4.69, 9.17) is 10.5 Å². The molecule has 2 N–H and O–H groups in total. The van der Waals surface area contributed by atoms with E-state index >= 15 is 0 Å². The molecule has 0 fully saturated rings. The van der Waals surface area contributed by atoms with Crippen LogP contribution in [0.3, 0.4) is 0 Å². The topological polar surface area (TPSA) is 130 Å². The molecule has 8 nitrogen and oxygen atoms in total. The van der Waals surface area contributed by atoms with E-state index in [2.05, 4.69) is 15.2 Å². The van der Waals surface area contributed by atoms with Crippen LogP contribution >= 0.6 is 0 Å². The minimum absolute atomic E-state index is 0. The van der Waals surface area contributed by atoms with Crippen LogP contribution in [0.15, 0.2) is 94.1 Å². The Kier molecular flexibility index (Phi) is 7.60. The van der Waals surface area contributed by atoms with Gasteiger partial charge in [0.05, 0.1) is 22.0 Å². The summed E-state index contributed by atoms with van der Waals surface area (Å²) in [4.78, 5) is 3.81. The van der Waals surface area contributed by atoms with E-state index in [9.17, 15) is 13.0 Å². The van der Waals surface area contributed by atoms with Gasteiger partial charge in [-0.2, -0.15) is 5.11 Å². The van der Waals surface area contributed by atoms with Crippen LogP contribution in [0.5, 0.6) is 5.75 Å². The number of benzene rings is 3. The number of aromatic nitrogens is 1.